The lowest BCUT2D eigenvalue weighted by Gasteiger charge is -2.28. The Morgan fingerprint density at radius 1 is 1.39 bits per heavy atom. The highest BCUT2D eigenvalue weighted by Gasteiger charge is 2.31. The first-order chi connectivity index (χ1) is 8.77. The fourth-order valence-corrected chi connectivity index (χ4v) is 3.05. The van der Waals surface area contributed by atoms with E-state index >= 15 is 0 Å². The molecule has 98 valence electrons. The summed E-state index contributed by atoms with van der Waals surface area (Å²) in [6.07, 6.45) is 6.36. The van der Waals surface area contributed by atoms with Crippen LogP contribution in [0.4, 0.5) is 0 Å². The maximum Gasteiger partial charge on any atom is 0.326 e. The minimum absolute atomic E-state index is 0.354. The van der Waals surface area contributed by atoms with Crippen molar-refractivity contribution in [1.82, 2.24) is 9.55 Å². The number of ether oxygens (including phenoxy) is 1. The number of aryl methyl sites for hydroxylation is 1. The summed E-state index contributed by atoms with van der Waals surface area (Å²) >= 11 is 0. The molecule has 0 spiro atoms. The zero-order chi connectivity index (χ0) is 12.5. The van der Waals surface area contributed by atoms with E-state index in [1.165, 1.54) is 0 Å². The Kier molecular flexibility index (Phi) is 3.07. The molecule has 0 bridgehead atoms. The molecule has 0 amide bonds. The van der Waals surface area contributed by atoms with Crippen molar-refractivity contribution < 1.29 is 14.6 Å². The van der Waals surface area contributed by atoms with Crippen LogP contribution in [0.15, 0.2) is 6.20 Å². The zero-order valence-electron chi connectivity index (χ0n) is 10.3. The average Bonchev–Trinajstić information content (AvgIpc) is 2.83. The third kappa shape index (κ3) is 1.92. The number of fused-ring (bicyclic) bond motifs is 1. The van der Waals surface area contributed by atoms with E-state index in [4.69, 9.17) is 4.74 Å². The van der Waals surface area contributed by atoms with Crippen LogP contribution in [0.3, 0.4) is 0 Å². The summed E-state index contributed by atoms with van der Waals surface area (Å²) in [5.41, 5.74) is 1.08. The number of imidazole rings is 1. The Hall–Kier alpha value is -1.36. The molecule has 0 aromatic carbocycles. The van der Waals surface area contributed by atoms with Crippen molar-refractivity contribution in [1.29, 1.82) is 0 Å². The van der Waals surface area contributed by atoms with Crippen molar-refractivity contribution in [3.8, 4) is 0 Å². The van der Waals surface area contributed by atoms with Crippen LogP contribution in [0.5, 0.6) is 0 Å². The minimum Gasteiger partial charge on any atom is -0.480 e. The average molecular weight is 250 g/mol. The molecule has 3 heterocycles. The third-order valence-corrected chi connectivity index (χ3v) is 4.00. The van der Waals surface area contributed by atoms with Crippen LogP contribution < -0.4 is 0 Å². The fraction of sp³-hybridized carbons (Fsp3) is 0.692. The molecule has 0 aliphatic carbocycles. The molecule has 1 fully saturated rings. The van der Waals surface area contributed by atoms with Crippen LogP contribution in [-0.2, 0) is 16.0 Å². The fourth-order valence-electron chi connectivity index (χ4n) is 3.05. The molecule has 5 nitrogen and oxygen atoms in total. The highest BCUT2D eigenvalue weighted by atomic mass is 16.5. The van der Waals surface area contributed by atoms with Gasteiger partial charge in [0.15, 0.2) is 0 Å². The Balaban J connectivity index is 1.96. The van der Waals surface area contributed by atoms with E-state index in [9.17, 15) is 9.90 Å². The molecular formula is C13H18N2O3. The van der Waals surface area contributed by atoms with Gasteiger partial charge in [-0.25, -0.2) is 9.78 Å². The van der Waals surface area contributed by atoms with Gasteiger partial charge in [-0.3, -0.25) is 0 Å². The largest absolute Gasteiger partial charge is 0.480 e. The number of aliphatic carboxylic acids is 1. The molecule has 3 rings (SSSR count). The number of carbonyl (C=O) groups is 1. The van der Waals surface area contributed by atoms with Gasteiger partial charge in [0.05, 0.1) is 0 Å². The summed E-state index contributed by atoms with van der Waals surface area (Å²) in [5, 5.41) is 9.35. The van der Waals surface area contributed by atoms with Crippen LogP contribution in [0.25, 0.3) is 0 Å². The Morgan fingerprint density at radius 2 is 2.17 bits per heavy atom. The number of aromatic nitrogens is 2. The Labute approximate surface area is 106 Å². The van der Waals surface area contributed by atoms with Crippen molar-refractivity contribution in [2.24, 2.45) is 0 Å². The summed E-state index contributed by atoms with van der Waals surface area (Å²) in [4.78, 5) is 15.9. The van der Waals surface area contributed by atoms with Gasteiger partial charge in [-0.1, -0.05) is 0 Å². The monoisotopic (exact) mass is 250 g/mol. The van der Waals surface area contributed by atoms with Gasteiger partial charge in [-0.05, 0) is 32.1 Å². The number of rotatable bonds is 2. The van der Waals surface area contributed by atoms with Crippen LogP contribution in [0.1, 0.15) is 49.2 Å². The van der Waals surface area contributed by atoms with Gasteiger partial charge in [0.1, 0.15) is 11.9 Å². The molecule has 1 unspecified atom stereocenters. The quantitative estimate of drug-likeness (QED) is 0.868. The van der Waals surface area contributed by atoms with Gasteiger partial charge in [-0.2, -0.15) is 0 Å². The number of hydrogen-bond donors (Lipinski definition) is 1. The molecular weight excluding hydrogens is 232 g/mol. The predicted octanol–water partition coefficient (Wildman–Crippen LogP) is 1.74. The molecule has 1 aromatic rings. The summed E-state index contributed by atoms with van der Waals surface area (Å²) in [6, 6.07) is -0.422. The van der Waals surface area contributed by atoms with Crippen LogP contribution in [0.2, 0.25) is 0 Å². The first-order valence-corrected chi connectivity index (χ1v) is 6.64. The summed E-state index contributed by atoms with van der Waals surface area (Å²) in [7, 11) is 0. The molecule has 1 atom stereocenters. The Bertz CT molecular complexity index is 449. The maximum atomic E-state index is 11.4. The number of carboxylic acid groups (broad SMARTS) is 1. The second-order valence-electron chi connectivity index (χ2n) is 5.11. The highest BCUT2D eigenvalue weighted by Crippen LogP contribution is 2.33. The van der Waals surface area contributed by atoms with E-state index in [1.54, 1.807) is 0 Å². The normalized spacial score (nSPS) is 24.8. The predicted molar refractivity (Wildman–Crippen MR) is 64.6 cm³/mol. The smallest absolute Gasteiger partial charge is 0.326 e. The molecule has 2 aliphatic rings. The summed E-state index contributed by atoms with van der Waals surface area (Å²) in [6.45, 7) is 1.51. The summed E-state index contributed by atoms with van der Waals surface area (Å²) in [5.74, 6) is 0.579. The van der Waals surface area contributed by atoms with E-state index in [-0.39, 0.29) is 0 Å². The van der Waals surface area contributed by atoms with Crippen molar-refractivity contribution in [3.05, 3.63) is 17.7 Å². The van der Waals surface area contributed by atoms with Crippen molar-refractivity contribution >= 4 is 5.97 Å². The van der Waals surface area contributed by atoms with Crippen LogP contribution in [-0.4, -0.2) is 33.8 Å². The van der Waals surface area contributed by atoms with Gasteiger partial charge in [-0.15, -0.1) is 0 Å². The van der Waals surface area contributed by atoms with Crippen molar-refractivity contribution in [2.45, 2.75) is 44.1 Å². The van der Waals surface area contributed by atoms with Gasteiger partial charge in [0.25, 0.3) is 0 Å². The number of carboxylic acids is 1. The van der Waals surface area contributed by atoms with E-state index < -0.39 is 12.0 Å². The molecule has 1 saturated heterocycles. The zero-order valence-corrected chi connectivity index (χ0v) is 10.3. The van der Waals surface area contributed by atoms with Gasteiger partial charge >= 0.3 is 5.97 Å². The number of hydrogen-bond acceptors (Lipinski definition) is 3. The lowest BCUT2D eigenvalue weighted by Crippen LogP contribution is -2.28. The lowest BCUT2D eigenvalue weighted by atomic mass is 9.97. The van der Waals surface area contributed by atoms with E-state index in [1.807, 2.05) is 10.8 Å². The topological polar surface area (TPSA) is 64.3 Å². The van der Waals surface area contributed by atoms with Gasteiger partial charge in [0, 0.05) is 31.0 Å². The highest BCUT2D eigenvalue weighted by molar-refractivity contribution is 5.72. The summed E-state index contributed by atoms with van der Waals surface area (Å²) < 4.78 is 7.34. The van der Waals surface area contributed by atoms with Crippen LogP contribution >= 0.6 is 0 Å². The standard InChI is InChI=1S/C13H18N2O3/c16-13(17)11-3-1-2-10-8-14-12(15(10)11)9-4-6-18-7-5-9/h8-9,11H,1-7H2,(H,16,17). The second-order valence-corrected chi connectivity index (χ2v) is 5.11. The van der Waals surface area contributed by atoms with E-state index in [2.05, 4.69) is 4.98 Å². The van der Waals surface area contributed by atoms with E-state index in [0.29, 0.717) is 5.92 Å². The number of nitrogens with zero attached hydrogens (tertiary/aromatic N) is 2. The molecule has 2 aliphatic heterocycles. The van der Waals surface area contributed by atoms with Gasteiger partial charge < -0.3 is 14.4 Å². The molecule has 5 heteroatoms. The third-order valence-electron chi connectivity index (χ3n) is 4.00. The Morgan fingerprint density at radius 3 is 2.89 bits per heavy atom. The first-order valence-electron chi connectivity index (χ1n) is 6.64. The molecule has 1 N–H and O–H groups in total. The van der Waals surface area contributed by atoms with Crippen molar-refractivity contribution in [3.63, 3.8) is 0 Å². The molecule has 1 aromatic heterocycles. The van der Waals surface area contributed by atoms with Crippen LogP contribution in [0, 0.1) is 0 Å². The van der Waals surface area contributed by atoms with Gasteiger partial charge in [0.2, 0.25) is 0 Å². The van der Waals surface area contributed by atoms with Crippen molar-refractivity contribution in [2.75, 3.05) is 13.2 Å². The molecule has 18 heavy (non-hydrogen) atoms. The minimum atomic E-state index is -0.734. The molecule has 0 saturated carbocycles. The van der Waals surface area contributed by atoms with E-state index in [0.717, 1.165) is 56.8 Å². The second kappa shape index (κ2) is 4.72. The lowest BCUT2D eigenvalue weighted by molar-refractivity contribution is -0.141. The first kappa shape index (κ1) is 11.7. The molecule has 0 radical (unpaired) electrons. The SMILES string of the molecule is O=C(O)C1CCCc2cnc(C3CCOCC3)n21. The maximum absolute atomic E-state index is 11.4.